The fourth-order valence-corrected chi connectivity index (χ4v) is 9.09. The van der Waals surface area contributed by atoms with Crippen molar-refractivity contribution in [2.24, 2.45) is 0 Å². The highest BCUT2D eigenvalue weighted by molar-refractivity contribution is 7.08. The minimum Gasteiger partial charge on any atom is -0.297 e. The quantitative estimate of drug-likeness (QED) is 0.151. The van der Waals surface area contributed by atoms with Crippen molar-refractivity contribution in [2.45, 2.75) is 25.7 Å². The largest absolute Gasteiger partial charge is 0.297 e. The maximum Gasteiger partial charge on any atom is 0.108 e. The van der Waals surface area contributed by atoms with Crippen molar-refractivity contribution < 1.29 is 0 Å². The minimum atomic E-state index is 0.478. The van der Waals surface area contributed by atoms with E-state index < -0.39 is 0 Å². The first-order valence-electron chi connectivity index (χ1n) is 18.4. The predicted octanol–water partition coefficient (Wildman–Crippen LogP) is 12.8. The average molecular weight is 830 g/mol. The van der Waals surface area contributed by atoms with Crippen LogP contribution in [0.3, 0.4) is 0 Å². The van der Waals surface area contributed by atoms with Gasteiger partial charge in [0.2, 0.25) is 0 Å². The molecule has 6 aromatic heterocycles. The lowest BCUT2D eigenvalue weighted by molar-refractivity contribution is 1.00. The van der Waals surface area contributed by atoms with Gasteiger partial charge in [-0.05, 0) is 128 Å². The van der Waals surface area contributed by atoms with Crippen molar-refractivity contribution in [3.8, 4) is 45.8 Å². The zero-order valence-corrected chi connectivity index (χ0v) is 33.8. The summed E-state index contributed by atoms with van der Waals surface area (Å²) in [4.78, 5) is 18.2. The van der Waals surface area contributed by atoms with Crippen LogP contribution in [0.25, 0.3) is 77.5 Å². The van der Waals surface area contributed by atoms with Crippen LogP contribution in [-0.2, 0) is 12.8 Å². The van der Waals surface area contributed by atoms with Crippen LogP contribution in [0.5, 0.6) is 0 Å². The number of aryl methyl sites for hydroxylation is 2. The SMILES string of the molecule is N#CCCc1ccc(-n2cnc3cnc4ccc(-c5ccsc5)cc4c32)c(Cl)c1.N#CCCc1ccc(-n2cnc3cnc4ccc(-c5ccsc5)cc4c32)c(Cl)c1. The van der Waals surface area contributed by atoms with Crippen LogP contribution in [0.15, 0.2) is 131 Å². The van der Waals surface area contributed by atoms with Crippen molar-refractivity contribution in [3.05, 3.63) is 153 Å². The number of halogens is 2. The number of imidazole rings is 2. The lowest BCUT2D eigenvalue weighted by Gasteiger charge is -2.11. The smallest absolute Gasteiger partial charge is 0.108 e. The lowest BCUT2D eigenvalue weighted by Crippen LogP contribution is -1.96. The molecule has 0 aliphatic heterocycles. The normalized spacial score (nSPS) is 11.2. The second-order valence-corrected chi connectivity index (χ2v) is 16.0. The second-order valence-electron chi connectivity index (χ2n) is 13.6. The number of benzene rings is 4. The molecule has 0 spiro atoms. The Hall–Kier alpha value is -6.40. The molecule has 0 saturated heterocycles. The van der Waals surface area contributed by atoms with Gasteiger partial charge in [0.05, 0.1) is 68.0 Å². The molecule has 10 rings (SSSR count). The highest BCUT2D eigenvalue weighted by atomic mass is 35.5. The van der Waals surface area contributed by atoms with Crippen molar-refractivity contribution in [3.63, 3.8) is 0 Å². The minimum absolute atomic E-state index is 0.478. The van der Waals surface area contributed by atoms with Crippen molar-refractivity contribution in [1.29, 1.82) is 10.5 Å². The predicted molar refractivity (Wildman–Crippen MR) is 237 cm³/mol. The van der Waals surface area contributed by atoms with E-state index >= 15 is 0 Å². The third-order valence-electron chi connectivity index (χ3n) is 10.1. The number of nitrogens with zero attached hydrogens (tertiary/aromatic N) is 8. The van der Waals surface area contributed by atoms with Gasteiger partial charge in [-0.15, -0.1) is 0 Å². The number of hydrogen-bond donors (Lipinski definition) is 0. The molecule has 0 radical (unpaired) electrons. The van der Waals surface area contributed by atoms with Gasteiger partial charge < -0.3 is 0 Å². The molecule has 0 aliphatic carbocycles. The summed E-state index contributed by atoms with van der Waals surface area (Å²) in [5.41, 5.74) is 14.0. The fraction of sp³-hybridized carbons (Fsp3) is 0.0870. The summed E-state index contributed by atoms with van der Waals surface area (Å²) >= 11 is 16.6. The highest BCUT2D eigenvalue weighted by Gasteiger charge is 2.16. The molecule has 0 saturated carbocycles. The van der Waals surface area contributed by atoms with E-state index in [0.29, 0.717) is 35.7 Å². The Morgan fingerprint density at radius 1 is 0.517 bits per heavy atom. The van der Waals surface area contributed by atoms with Crippen molar-refractivity contribution in [2.75, 3.05) is 0 Å². The van der Waals surface area contributed by atoms with Crippen LogP contribution in [0, 0.1) is 22.7 Å². The molecule has 12 heteroatoms. The van der Waals surface area contributed by atoms with Crippen molar-refractivity contribution >= 4 is 89.7 Å². The Morgan fingerprint density at radius 2 is 0.983 bits per heavy atom. The first kappa shape index (κ1) is 37.2. The fourth-order valence-electron chi connectivity index (χ4n) is 7.17. The van der Waals surface area contributed by atoms with E-state index in [-0.39, 0.29) is 0 Å². The van der Waals surface area contributed by atoms with Crippen LogP contribution in [0.4, 0.5) is 0 Å². The highest BCUT2D eigenvalue weighted by Crippen LogP contribution is 2.35. The van der Waals surface area contributed by atoms with Crippen LogP contribution >= 0.6 is 45.9 Å². The number of aromatic nitrogens is 6. The topological polar surface area (TPSA) is 109 Å². The Bertz CT molecular complexity index is 2980. The van der Waals surface area contributed by atoms with Crippen LogP contribution in [0.1, 0.15) is 24.0 Å². The van der Waals surface area contributed by atoms with E-state index in [4.69, 9.17) is 33.7 Å². The summed E-state index contributed by atoms with van der Waals surface area (Å²) in [5, 5.41) is 29.4. The second kappa shape index (κ2) is 16.2. The van der Waals surface area contributed by atoms with Gasteiger partial charge in [-0.3, -0.25) is 19.1 Å². The van der Waals surface area contributed by atoms with Crippen LogP contribution in [-0.4, -0.2) is 29.1 Å². The van der Waals surface area contributed by atoms with Gasteiger partial charge >= 0.3 is 0 Å². The molecule has 0 bridgehead atoms. The van der Waals surface area contributed by atoms with E-state index in [9.17, 15) is 0 Å². The summed E-state index contributed by atoms with van der Waals surface area (Å²) in [7, 11) is 0. The molecule has 0 unspecified atom stereocenters. The third kappa shape index (κ3) is 7.20. The Kier molecular flexibility index (Phi) is 10.4. The Labute approximate surface area is 351 Å². The molecule has 280 valence electrons. The molecule has 0 aliphatic rings. The number of hydrogen-bond acceptors (Lipinski definition) is 8. The van der Waals surface area contributed by atoms with E-state index in [1.54, 1.807) is 47.7 Å². The average Bonchev–Trinajstić information content (AvgIpc) is 4.10. The maximum absolute atomic E-state index is 8.81. The van der Waals surface area contributed by atoms with E-state index in [2.05, 4.69) is 90.0 Å². The molecule has 0 fully saturated rings. The van der Waals surface area contributed by atoms with Crippen molar-refractivity contribution in [1.82, 2.24) is 29.1 Å². The molecule has 4 aromatic carbocycles. The third-order valence-corrected chi connectivity index (χ3v) is 12.0. The lowest BCUT2D eigenvalue weighted by atomic mass is 10.1. The first-order valence-corrected chi connectivity index (χ1v) is 21.0. The number of nitriles is 2. The molecule has 0 atom stereocenters. The van der Waals surface area contributed by atoms with Gasteiger partial charge in [0.15, 0.2) is 0 Å². The molecule has 0 N–H and O–H groups in total. The van der Waals surface area contributed by atoms with E-state index in [0.717, 1.165) is 77.5 Å². The van der Waals surface area contributed by atoms with Crippen LogP contribution in [0.2, 0.25) is 10.0 Å². The number of fused-ring (bicyclic) bond motifs is 6. The Balaban J connectivity index is 0.000000150. The van der Waals surface area contributed by atoms with Crippen LogP contribution < -0.4 is 0 Å². The molecule has 0 amide bonds. The summed E-state index contributed by atoms with van der Waals surface area (Å²) in [6, 6.07) is 33.1. The maximum atomic E-state index is 8.81. The molecule has 10 aromatic rings. The number of thiophene rings is 2. The summed E-state index contributed by atoms with van der Waals surface area (Å²) in [6.45, 7) is 0. The van der Waals surface area contributed by atoms with Gasteiger partial charge in [0, 0.05) is 23.6 Å². The summed E-state index contributed by atoms with van der Waals surface area (Å²) in [5.74, 6) is 0. The zero-order chi connectivity index (χ0) is 39.6. The molecule has 58 heavy (non-hydrogen) atoms. The summed E-state index contributed by atoms with van der Waals surface area (Å²) in [6.07, 6.45) is 9.52. The van der Waals surface area contributed by atoms with Gasteiger partial charge in [-0.1, -0.05) is 47.5 Å². The molecular formula is C46H30Cl2N8S2. The van der Waals surface area contributed by atoms with E-state index in [1.807, 2.05) is 57.7 Å². The zero-order valence-electron chi connectivity index (χ0n) is 30.7. The van der Waals surface area contributed by atoms with Gasteiger partial charge in [0.1, 0.15) is 23.7 Å². The van der Waals surface area contributed by atoms with Gasteiger partial charge in [-0.2, -0.15) is 33.2 Å². The van der Waals surface area contributed by atoms with Gasteiger partial charge in [-0.25, -0.2) is 9.97 Å². The Morgan fingerprint density at radius 3 is 1.38 bits per heavy atom. The summed E-state index contributed by atoms with van der Waals surface area (Å²) < 4.78 is 4.04. The van der Waals surface area contributed by atoms with E-state index in [1.165, 1.54) is 11.1 Å². The first-order chi connectivity index (χ1) is 28.5. The number of pyridine rings is 2. The molecule has 8 nitrogen and oxygen atoms in total. The van der Waals surface area contributed by atoms with Gasteiger partial charge in [0.25, 0.3) is 0 Å². The standard InChI is InChI=1S/2C23H15ClN4S/c2*24-19-10-15(2-1-8-25)3-6-22(19)28-14-27-21-12-26-20-5-4-16(11-18(20)23(21)28)17-7-9-29-13-17/h2*3-7,9-14H,1-2H2. The number of rotatable bonds is 8. The monoisotopic (exact) mass is 828 g/mol. The molecular weight excluding hydrogens is 800 g/mol. The molecule has 6 heterocycles.